The highest BCUT2D eigenvalue weighted by Crippen LogP contribution is 2.45. The number of hydrogen-bond donors (Lipinski definition) is 1. The summed E-state index contributed by atoms with van der Waals surface area (Å²) in [6, 6.07) is 11.3. The van der Waals surface area contributed by atoms with Crippen molar-refractivity contribution < 1.29 is 33.7 Å². The quantitative estimate of drug-likeness (QED) is 0.112. The number of aliphatic hydroxyl groups excluding tert-OH is 1. The highest BCUT2D eigenvalue weighted by molar-refractivity contribution is 7.17. The molecule has 1 amide bonds. The van der Waals surface area contributed by atoms with Crippen LogP contribution in [0.2, 0.25) is 0 Å². The Balaban J connectivity index is 1.63. The summed E-state index contributed by atoms with van der Waals surface area (Å²) in [7, 11) is 1.27. The highest BCUT2D eigenvalue weighted by Gasteiger charge is 2.48. The van der Waals surface area contributed by atoms with E-state index in [0.717, 1.165) is 41.9 Å². The number of thiazole rings is 1. The number of aryl methyl sites for hydroxylation is 1. The topological polar surface area (TPSA) is 115 Å². The predicted molar refractivity (Wildman–Crippen MR) is 155 cm³/mol. The van der Waals surface area contributed by atoms with Crippen LogP contribution in [-0.4, -0.2) is 47.6 Å². The summed E-state index contributed by atoms with van der Waals surface area (Å²) >= 11 is 0.958. The van der Waals surface area contributed by atoms with Crippen molar-refractivity contribution in [2.75, 3.05) is 18.6 Å². The SMILES string of the molecule is CCCCCOc1cccc(C2/C(=C(/O)c3ccc4c(c3)CC(C)O4)C(=O)C(=O)N2c2nc(C)c(C(=O)OC)s2)c1. The largest absolute Gasteiger partial charge is 0.507 e. The van der Waals surface area contributed by atoms with Crippen molar-refractivity contribution in [3.8, 4) is 11.5 Å². The van der Waals surface area contributed by atoms with Gasteiger partial charge >= 0.3 is 11.9 Å². The number of benzene rings is 2. The van der Waals surface area contributed by atoms with Crippen LogP contribution in [0.15, 0.2) is 48.0 Å². The smallest absolute Gasteiger partial charge is 0.350 e. The summed E-state index contributed by atoms with van der Waals surface area (Å²) in [4.78, 5) is 45.4. The third-order valence-electron chi connectivity index (χ3n) is 7.17. The molecule has 2 unspecified atom stereocenters. The molecule has 3 aromatic rings. The van der Waals surface area contributed by atoms with Gasteiger partial charge in [0.05, 0.1) is 31.0 Å². The van der Waals surface area contributed by atoms with Gasteiger partial charge in [-0.25, -0.2) is 9.78 Å². The summed E-state index contributed by atoms with van der Waals surface area (Å²) in [6.07, 6.45) is 3.67. The number of aromatic nitrogens is 1. The summed E-state index contributed by atoms with van der Waals surface area (Å²) < 4.78 is 16.6. The van der Waals surface area contributed by atoms with E-state index in [1.54, 1.807) is 43.3 Å². The number of esters is 1. The zero-order valence-corrected chi connectivity index (χ0v) is 24.2. The minimum absolute atomic E-state index is 0.00481. The van der Waals surface area contributed by atoms with Gasteiger partial charge in [-0.2, -0.15) is 0 Å². The van der Waals surface area contributed by atoms with Crippen LogP contribution < -0.4 is 14.4 Å². The van der Waals surface area contributed by atoms with Crippen LogP contribution in [-0.2, 0) is 20.7 Å². The summed E-state index contributed by atoms with van der Waals surface area (Å²) in [6.45, 7) is 6.24. The average molecular weight is 577 g/mol. The second-order valence-corrected chi connectivity index (χ2v) is 11.1. The standard InChI is InChI=1S/C31H32N2O7S/c1-5-6-7-13-39-22-10-8-9-19(16-22)25-24(26(34)20-11-12-23-21(15-20)14-17(2)40-23)27(35)29(36)33(25)31-32-18(3)28(41-31)30(37)38-4/h8-12,15-17,25,34H,5-7,13-14H2,1-4H3/b26-24-. The van der Waals surface area contributed by atoms with Crippen LogP contribution in [0.1, 0.15) is 71.2 Å². The van der Waals surface area contributed by atoms with Crippen molar-refractivity contribution in [1.29, 1.82) is 0 Å². The lowest BCUT2D eigenvalue weighted by atomic mass is 9.94. The van der Waals surface area contributed by atoms with E-state index in [4.69, 9.17) is 14.2 Å². The van der Waals surface area contributed by atoms with Gasteiger partial charge in [0.15, 0.2) is 5.13 Å². The molecule has 2 aromatic carbocycles. The molecule has 1 fully saturated rings. The molecule has 0 bridgehead atoms. The van der Waals surface area contributed by atoms with Crippen LogP contribution in [0, 0.1) is 6.92 Å². The highest BCUT2D eigenvalue weighted by atomic mass is 32.1. The summed E-state index contributed by atoms with van der Waals surface area (Å²) in [5.41, 5.74) is 2.18. The van der Waals surface area contributed by atoms with Crippen LogP contribution in [0.5, 0.6) is 11.5 Å². The summed E-state index contributed by atoms with van der Waals surface area (Å²) in [5.74, 6) is -1.27. The van der Waals surface area contributed by atoms with Gasteiger partial charge in [-0.05, 0) is 61.7 Å². The number of nitrogens with zero attached hydrogens (tertiary/aromatic N) is 2. The van der Waals surface area contributed by atoms with E-state index in [1.807, 2.05) is 13.0 Å². The number of carbonyl (C=O) groups is 3. The lowest BCUT2D eigenvalue weighted by Gasteiger charge is -2.23. The van der Waals surface area contributed by atoms with Gasteiger partial charge in [0.25, 0.3) is 5.78 Å². The van der Waals surface area contributed by atoms with Crippen molar-refractivity contribution in [3.63, 3.8) is 0 Å². The van der Waals surface area contributed by atoms with Crippen molar-refractivity contribution in [3.05, 3.63) is 75.3 Å². The van der Waals surface area contributed by atoms with Gasteiger partial charge in [-0.15, -0.1) is 0 Å². The number of carbonyl (C=O) groups excluding carboxylic acids is 3. The fourth-order valence-corrected chi connectivity index (χ4v) is 6.17. The number of hydrogen-bond acceptors (Lipinski definition) is 9. The van der Waals surface area contributed by atoms with E-state index in [1.165, 1.54) is 12.0 Å². The zero-order chi connectivity index (χ0) is 29.3. The Labute approximate surface area is 242 Å². The zero-order valence-electron chi connectivity index (χ0n) is 23.4. The molecular weight excluding hydrogens is 544 g/mol. The second kappa shape index (κ2) is 11.7. The van der Waals surface area contributed by atoms with E-state index in [-0.39, 0.29) is 27.4 Å². The van der Waals surface area contributed by atoms with Crippen molar-refractivity contribution in [1.82, 2.24) is 4.98 Å². The maximum absolute atomic E-state index is 13.6. The second-order valence-electron chi connectivity index (χ2n) is 10.2. The molecule has 2 aliphatic rings. The molecule has 5 rings (SSSR count). The lowest BCUT2D eigenvalue weighted by molar-refractivity contribution is -0.132. The molecule has 3 heterocycles. The molecular formula is C31H32N2O7S. The number of aliphatic hydroxyl groups is 1. The first kappa shape index (κ1) is 28.4. The van der Waals surface area contributed by atoms with Gasteiger partial charge < -0.3 is 19.3 Å². The average Bonchev–Trinajstić information content (AvgIpc) is 3.62. The number of fused-ring (bicyclic) bond motifs is 1. The molecule has 0 spiro atoms. The number of unbranched alkanes of at least 4 members (excludes halogenated alkanes) is 2. The van der Waals surface area contributed by atoms with Crippen LogP contribution >= 0.6 is 11.3 Å². The minimum Gasteiger partial charge on any atom is -0.507 e. The number of ketones is 1. The Hall–Kier alpha value is -4.18. The third-order valence-corrected chi connectivity index (χ3v) is 8.30. The Bertz CT molecular complexity index is 1540. The van der Waals surface area contributed by atoms with Crippen molar-refractivity contribution in [2.24, 2.45) is 0 Å². The monoisotopic (exact) mass is 576 g/mol. The molecule has 2 atom stereocenters. The number of ether oxygens (including phenoxy) is 3. The van der Waals surface area contributed by atoms with E-state index >= 15 is 0 Å². The lowest BCUT2D eigenvalue weighted by Crippen LogP contribution is -2.29. The van der Waals surface area contributed by atoms with E-state index in [9.17, 15) is 19.5 Å². The van der Waals surface area contributed by atoms with E-state index in [0.29, 0.717) is 35.6 Å². The molecule has 0 radical (unpaired) electrons. The molecule has 214 valence electrons. The Kier molecular flexibility index (Phi) is 8.12. The van der Waals surface area contributed by atoms with Gasteiger partial charge in [0.2, 0.25) is 0 Å². The molecule has 1 N–H and O–H groups in total. The van der Waals surface area contributed by atoms with Crippen LogP contribution in [0.25, 0.3) is 5.76 Å². The maximum atomic E-state index is 13.6. The van der Waals surface area contributed by atoms with Crippen LogP contribution in [0.3, 0.4) is 0 Å². The third kappa shape index (κ3) is 5.44. The molecule has 1 saturated heterocycles. The molecule has 1 aromatic heterocycles. The fraction of sp³-hybridized carbons (Fsp3) is 0.355. The van der Waals surface area contributed by atoms with E-state index in [2.05, 4.69) is 11.9 Å². The number of anilines is 1. The number of rotatable bonds is 9. The molecule has 0 aliphatic carbocycles. The molecule has 2 aliphatic heterocycles. The fourth-order valence-electron chi connectivity index (χ4n) is 5.15. The predicted octanol–water partition coefficient (Wildman–Crippen LogP) is 5.76. The first-order valence-corrected chi connectivity index (χ1v) is 14.4. The first-order valence-electron chi connectivity index (χ1n) is 13.6. The van der Waals surface area contributed by atoms with Crippen molar-refractivity contribution >= 4 is 39.9 Å². The van der Waals surface area contributed by atoms with Crippen LogP contribution in [0.4, 0.5) is 5.13 Å². The number of amides is 1. The van der Waals surface area contributed by atoms with Crippen molar-refractivity contribution in [2.45, 2.75) is 58.6 Å². The maximum Gasteiger partial charge on any atom is 0.350 e. The van der Waals surface area contributed by atoms with Gasteiger partial charge in [-0.1, -0.05) is 43.2 Å². The number of Topliss-reactive ketones (excluding diaryl/α,β-unsaturated/α-hetero) is 1. The molecule has 10 heteroatoms. The Morgan fingerprint density at radius 2 is 2.00 bits per heavy atom. The number of methoxy groups -OCH3 is 1. The Morgan fingerprint density at radius 1 is 1.20 bits per heavy atom. The molecule has 9 nitrogen and oxygen atoms in total. The van der Waals surface area contributed by atoms with Gasteiger partial charge in [0, 0.05) is 12.0 Å². The Morgan fingerprint density at radius 3 is 2.76 bits per heavy atom. The van der Waals surface area contributed by atoms with Gasteiger partial charge in [0.1, 0.15) is 28.2 Å². The normalized spacial score (nSPS) is 19.3. The van der Waals surface area contributed by atoms with E-state index < -0.39 is 23.7 Å². The first-order chi connectivity index (χ1) is 19.7. The minimum atomic E-state index is -1.01. The van der Waals surface area contributed by atoms with Gasteiger partial charge in [-0.3, -0.25) is 14.5 Å². The molecule has 41 heavy (non-hydrogen) atoms. The summed E-state index contributed by atoms with van der Waals surface area (Å²) in [5, 5.41) is 11.7. The molecule has 0 saturated carbocycles.